The fourth-order valence-electron chi connectivity index (χ4n) is 2.64. The van der Waals surface area contributed by atoms with Crippen molar-refractivity contribution in [3.05, 3.63) is 47.8 Å². The Labute approximate surface area is 114 Å². The van der Waals surface area contributed by atoms with Gasteiger partial charge >= 0.3 is 0 Å². The maximum Gasteiger partial charge on any atom is 0.227 e. The minimum atomic E-state index is 0.708. The Morgan fingerprint density at radius 3 is 2.89 bits per heavy atom. The second kappa shape index (κ2) is 5.39. The van der Waals surface area contributed by atoms with E-state index in [1.165, 1.54) is 24.1 Å². The van der Waals surface area contributed by atoms with Crippen LogP contribution in [0.1, 0.15) is 31.0 Å². The van der Waals surface area contributed by atoms with Gasteiger partial charge in [-0.3, -0.25) is 0 Å². The summed E-state index contributed by atoms with van der Waals surface area (Å²) in [5.41, 5.74) is 3.58. The summed E-state index contributed by atoms with van der Waals surface area (Å²) in [5, 5.41) is 3.26. The third-order valence-electron chi connectivity index (χ3n) is 3.86. The number of anilines is 2. The number of aromatic nitrogens is 2. The normalized spacial score (nSPS) is 17.8. The number of benzene rings is 1. The second-order valence-electron chi connectivity index (χ2n) is 5.17. The highest BCUT2D eigenvalue weighted by Crippen LogP contribution is 2.26. The van der Waals surface area contributed by atoms with E-state index in [2.05, 4.69) is 22.2 Å². The molecule has 1 heterocycles. The predicted octanol–water partition coefficient (Wildman–Crippen LogP) is 3.74. The highest BCUT2D eigenvalue weighted by atomic mass is 15.1. The molecule has 1 aliphatic carbocycles. The number of nitrogens with one attached hydrogen (secondary N) is 1. The van der Waals surface area contributed by atoms with Gasteiger partial charge in [0.05, 0.1) is 0 Å². The van der Waals surface area contributed by atoms with E-state index in [1.807, 2.05) is 36.5 Å². The van der Waals surface area contributed by atoms with Crippen LogP contribution in [0.2, 0.25) is 0 Å². The molecule has 0 radical (unpaired) electrons. The van der Waals surface area contributed by atoms with Crippen LogP contribution >= 0.6 is 0 Å². The van der Waals surface area contributed by atoms with E-state index in [0.717, 1.165) is 24.4 Å². The zero-order valence-electron chi connectivity index (χ0n) is 11.3. The highest BCUT2D eigenvalue weighted by Gasteiger charge is 2.19. The van der Waals surface area contributed by atoms with Crippen LogP contribution in [0.25, 0.3) is 0 Å². The van der Waals surface area contributed by atoms with Crippen molar-refractivity contribution in [1.82, 2.24) is 9.97 Å². The summed E-state index contributed by atoms with van der Waals surface area (Å²) >= 11 is 0. The number of hydrogen-bond donors (Lipinski definition) is 1. The van der Waals surface area contributed by atoms with Crippen molar-refractivity contribution >= 4 is 11.6 Å². The summed E-state index contributed by atoms with van der Waals surface area (Å²) in [4.78, 5) is 9.09. The van der Waals surface area contributed by atoms with E-state index >= 15 is 0 Å². The predicted molar refractivity (Wildman–Crippen MR) is 77.6 cm³/mol. The summed E-state index contributed by atoms with van der Waals surface area (Å²) in [6, 6.07) is 10.1. The zero-order valence-corrected chi connectivity index (χ0v) is 11.3. The molecule has 1 aromatic carbocycles. The van der Waals surface area contributed by atoms with Crippen molar-refractivity contribution in [3.8, 4) is 0 Å². The molecular weight excluding hydrogens is 234 g/mol. The minimum absolute atomic E-state index is 0.708. The van der Waals surface area contributed by atoms with Gasteiger partial charge in [0.15, 0.2) is 0 Å². The maximum absolute atomic E-state index is 4.66. The lowest BCUT2D eigenvalue weighted by Gasteiger charge is -2.22. The third kappa shape index (κ3) is 2.75. The molecule has 3 rings (SSSR count). The van der Waals surface area contributed by atoms with Gasteiger partial charge in [0, 0.05) is 17.6 Å². The largest absolute Gasteiger partial charge is 0.324 e. The van der Waals surface area contributed by atoms with E-state index in [9.17, 15) is 0 Å². The molecule has 1 aliphatic rings. The summed E-state index contributed by atoms with van der Waals surface area (Å²) in [6.45, 7) is 2.27. The molecule has 1 unspecified atom stereocenters. The molecule has 0 spiro atoms. The van der Waals surface area contributed by atoms with Gasteiger partial charge in [-0.2, -0.15) is 0 Å². The highest BCUT2D eigenvalue weighted by molar-refractivity contribution is 5.52. The van der Waals surface area contributed by atoms with Crippen LogP contribution in [0.3, 0.4) is 0 Å². The average molecular weight is 253 g/mol. The molecule has 0 amide bonds. The maximum atomic E-state index is 4.66. The Balaban J connectivity index is 1.79. The van der Waals surface area contributed by atoms with Crippen LogP contribution in [-0.4, -0.2) is 9.97 Å². The molecule has 2 aromatic rings. The Kier molecular flexibility index (Phi) is 3.45. The number of aryl methyl sites for hydroxylation is 1. The topological polar surface area (TPSA) is 37.8 Å². The number of rotatable bonds is 3. The van der Waals surface area contributed by atoms with E-state index in [1.54, 1.807) is 0 Å². The minimum Gasteiger partial charge on any atom is -0.324 e. The molecule has 19 heavy (non-hydrogen) atoms. The first-order valence-electron chi connectivity index (χ1n) is 7.02. The first-order chi connectivity index (χ1) is 9.35. The average Bonchev–Trinajstić information content (AvgIpc) is 2.48. The molecule has 1 atom stereocenters. The van der Waals surface area contributed by atoms with Crippen LogP contribution in [0.4, 0.5) is 11.6 Å². The smallest absolute Gasteiger partial charge is 0.227 e. The lowest BCUT2D eigenvalue weighted by molar-refractivity contribution is 0.439. The van der Waals surface area contributed by atoms with Crippen molar-refractivity contribution in [3.63, 3.8) is 0 Å². The van der Waals surface area contributed by atoms with Gasteiger partial charge in [0.25, 0.3) is 0 Å². The van der Waals surface area contributed by atoms with E-state index < -0.39 is 0 Å². The van der Waals surface area contributed by atoms with Crippen LogP contribution in [0.15, 0.2) is 36.5 Å². The van der Waals surface area contributed by atoms with Crippen LogP contribution < -0.4 is 5.32 Å². The van der Waals surface area contributed by atoms with E-state index in [4.69, 9.17) is 0 Å². The Hall–Kier alpha value is -1.90. The Bertz CT molecular complexity index is 551. The van der Waals surface area contributed by atoms with Crippen molar-refractivity contribution in [2.45, 2.75) is 32.6 Å². The molecular formula is C16H19N3. The molecule has 0 fully saturated rings. The molecule has 0 saturated carbocycles. The number of fused-ring (bicyclic) bond motifs is 1. The summed E-state index contributed by atoms with van der Waals surface area (Å²) in [5.74, 6) is 1.52. The van der Waals surface area contributed by atoms with Gasteiger partial charge in [-0.1, -0.05) is 31.5 Å². The number of nitrogens with zero attached hydrogens (tertiary/aromatic N) is 2. The quantitative estimate of drug-likeness (QED) is 0.905. The second-order valence-corrected chi connectivity index (χ2v) is 5.17. The zero-order chi connectivity index (χ0) is 13.1. The molecule has 0 aliphatic heterocycles. The van der Waals surface area contributed by atoms with Crippen LogP contribution in [-0.2, 0) is 12.8 Å². The monoisotopic (exact) mass is 253 g/mol. The van der Waals surface area contributed by atoms with Crippen molar-refractivity contribution in [2.75, 3.05) is 5.32 Å². The Morgan fingerprint density at radius 2 is 2.11 bits per heavy atom. The molecule has 1 aromatic heterocycles. The van der Waals surface area contributed by atoms with Gasteiger partial charge in [-0.25, -0.2) is 9.97 Å². The number of hydrogen-bond acceptors (Lipinski definition) is 3. The first kappa shape index (κ1) is 12.2. The van der Waals surface area contributed by atoms with Gasteiger partial charge in [-0.15, -0.1) is 0 Å². The molecule has 98 valence electrons. The van der Waals surface area contributed by atoms with Gasteiger partial charge in [0.1, 0.15) is 0 Å². The van der Waals surface area contributed by atoms with Crippen LogP contribution in [0, 0.1) is 5.92 Å². The van der Waals surface area contributed by atoms with Gasteiger partial charge in [0.2, 0.25) is 5.95 Å². The molecule has 3 heteroatoms. The summed E-state index contributed by atoms with van der Waals surface area (Å²) < 4.78 is 0. The molecule has 0 bridgehead atoms. The lowest BCUT2D eigenvalue weighted by Crippen LogP contribution is -2.16. The van der Waals surface area contributed by atoms with Crippen LogP contribution in [0.5, 0.6) is 0 Å². The third-order valence-corrected chi connectivity index (χ3v) is 3.86. The summed E-state index contributed by atoms with van der Waals surface area (Å²) in [6.07, 6.45) is 6.72. The standard InChI is InChI=1S/C16H19N3/c1-2-12-8-9-15-13(10-12)11-17-16(19-15)18-14-6-4-3-5-7-14/h3-7,11-12H,2,8-10H2,1H3,(H,17,18,19). The van der Waals surface area contributed by atoms with Crippen molar-refractivity contribution < 1.29 is 0 Å². The first-order valence-corrected chi connectivity index (χ1v) is 7.02. The molecule has 3 nitrogen and oxygen atoms in total. The fraction of sp³-hybridized carbons (Fsp3) is 0.375. The molecule has 0 saturated heterocycles. The SMILES string of the molecule is CCC1CCc2nc(Nc3ccccc3)ncc2C1. The van der Waals surface area contributed by atoms with E-state index in [-0.39, 0.29) is 0 Å². The fourth-order valence-corrected chi connectivity index (χ4v) is 2.64. The number of para-hydroxylation sites is 1. The lowest BCUT2D eigenvalue weighted by atomic mass is 9.86. The summed E-state index contributed by atoms with van der Waals surface area (Å²) in [7, 11) is 0. The Morgan fingerprint density at radius 1 is 1.26 bits per heavy atom. The van der Waals surface area contributed by atoms with Gasteiger partial charge < -0.3 is 5.32 Å². The molecule has 1 N–H and O–H groups in total. The van der Waals surface area contributed by atoms with Crippen molar-refractivity contribution in [2.24, 2.45) is 5.92 Å². The van der Waals surface area contributed by atoms with Crippen molar-refractivity contribution in [1.29, 1.82) is 0 Å². The van der Waals surface area contributed by atoms with Gasteiger partial charge in [-0.05, 0) is 42.9 Å². The van der Waals surface area contributed by atoms with E-state index in [0.29, 0.717) is 5.95 Å².